The van der Waals surface area contributed by atoms with Gasteiger partial charge in [0.05, 0.1) is 6.61 Å². The number of nitrogens with zero attached hydrogens (tertiary/aromatic N) is 1. The number of hydrogen-bond donors (Lipinski definition) is 1. The molecule has 1 amide bonds. The Balaban J connectivity index is 2.12. The summed E-state index contributed by atoms with van der Waals surface area (Å²) in [7, 11) is 3.58. The smallest absolute Gasteiger partial charge is 0.223 e. The Kier molecular flexibility index (Phi) is 5.05. The second kappa shape index (κ2) is 6.08. The molecule has 15 heavy (non-hydrogen) atoms. The van der Waals surface area contributed by atoms with Crippen LogP contribution in [-0.4, -0.2) is 50.7 Å². The molecule has 0 aromatic carbocycles. The zero-order chi connectivity index (χ0) is 11.3. The third kappa shape index (κ3) is 4.62. The number of carbonyl (C=O) groups excluding carboxylic acids is 1. The molecule has 0 aromatic rings. The van der Waals surface area contributed by atoms with Gasteiger partial charge in [-0.2, -0.15) is 0 Å². The van der Waals surface area contributed by atoms with Crippen molar-refractivity contribution in [3.8, 4) is 0 Å². The van der Waals surface area contributed by atoms with Crippen LogP contribution in [0.3, 0.4) is 0 Å². The summed E-state index contributed by atoms with van der Waals surface area (Å²) in [5, 5.41) is 3.38. The molecule has 0 aromatic heterocycles. The lowest BCUT2D eigenvalue weighted by Crippen LogP contribution is -2.36. The summed E-state index contributed by atoms with van der Waals surface area (Å²) in [6.45, 7) is 4.76. The van der Waals surface area contributed by atoms with Gasteiger partial charge in [0.1, 0.15) is 0 Å². The van der Waals surface area contributed by atoms with Crippen molar-refractivity contribution in [3.05, 3.63) is 0 Å². The highest BCUT2D eigenvalue weighted by Crippen LogP contribution is 2.11. The highest BCUT2D eigenvalue weighted by molar-refractivity contribution is 5.76. The van der Waals surface area contributed by atoms with E-state index < -0.39 is 0 Å². The van der Waals surface area contributed by atoms with Gasteiger partial charge in [0, 0.05) is 39.7 Å². The second-order valence-electron chi connectivity index (χ2n) is 4.53. The Morgan fingerprint density at radius 3 is 2.87 bits per heavy atom. The van der Waals surface area contributed by atoms with Crippen molar-refractivity contribution in [3.63, 3.8) is 0 Å². The first-order valence-electron chi connectivity index (χ1n) is 5.61. The zero-order valence-corrected chi connectivity index (χ0v) is 9.95. The molecular weight excluding hydrogens is 192 g/mol. The lowest BCUT2D eigenvalue weighted by molar-refractivity contribution is -0.129. The minimum Gasteiger partial charge on any atom is -0.381 e. The van der Waals surface area contributed by atoms with Gasteiger partial charge < -0.3 is 15.0 Å². The first kappa shape index (κ1) is 12.5. The fourth-order valence-corrected chi connectivity index (χ4v) is 1.63. The van der Waals surface area contributed by atoms with E-state index in [2.05, 4.69) is 12.2 Å². The molecule has 0 radical (unpaired) electrons. The predicted octanol–water partition coefficient (Wildman–Crippen LogP) is 0.479. The fraction of sp³-hybridized carbons (Fsp3) is 0.909. The number of ether oxygens (including phenoxy) is 1. The number of carbonyl (C=O) groups is 1. The van der Waals surface area contributed by atoms with E-state index in [-0.39, 0.29) is 11.9 Å². The van der Waals surface area contributed by atoms with E-state index in [9.17, 15) is 4.79 Å². The number of nitrogens with one attached hydrogen (secondary N) is 1. The average molecular weight is 214 g/mol. The van der Waals surface area contributed by atoms with Crippen molar-refractivity contribution in [1.29, 1.82) is 0 Å². The van der Waals surface area contributed by atoms with Gasteiger partial charge in [-0.25, -0.2) is 0 Å². The molecule has 88 valence electrons. The van der Waals surface area contributed by atoms with Crippen LogP contribution in [0.2, 0.25) is 0 Å². The van der Waals surface area contributed by atoms with E-state index in [0.717, 1.165) is 26.2 Å². The van der Waals surface area contributed by atoms with E-state index >= 15 is 0 Å². The van der Waals surface area contributed by atoms with E-state index in [4.69, 9.17) is 4.74 Å². The molecule has 1 fully saturated rings. The fourth-order valence-electron chi connectivity index (χ4n) is 1.63. The SMILES string of the molecule is CC(CC(=O)N(C)C)NCC1CCOC1. The van der Waals surface area contributed by atoms with E-state index in [1.807, 2.05) is 0 Å². The Hall–Kier alpha value is -0.610. The van der Waals surface area contributed by atoms with Crippen molar-refractivity contribution >= 4 is 5.91 Å². The largest absolute Gasteiger partial charge is 0.381 e. The molecule has 1 rings (SSSR count). The number of rotatable bonds is 5. The molecule has 0 saturated carbocycles. The van der Waals surface area contributed by atoms with Crippen LogP contribution in [0.5, 0.6) is 0 Å². The molecule has 4 heteroatoms. The van der Waals surface area contributed by atoms with Crippen molar-refractivity contribution in [2.75, 3.05) is 33.9 Å². The molecule has 0 aliphatic carbocycles. The number of amides is 1. The van der Waals surface area contributed by atoms with Crippen molar-refractivity contribution < 1.29 is 9.53 Å². The van der Waals surface area contributed by atoms with Crippen molar-refractivity contribution in [1.82, 2.24) is 10.2 Å². The van der Waals surface area contributed by atoms with Crippen molar-refractivity contribution in [2.24, 2.45) is 5.92 Å². The first-order valence-corrected chi connectivity index (χ1v) is 5.61. The maximum Gasteiger partial charge on any atom is 0.223 e. The molecule has 1 N–H and O–H groups in total. The van der Waals surface area contributed by atoms with Crippen LogP contribution in [0, 0.1) is 5.92 Å². The number of hydrogen-bond acceptors (Lipinski definition) is 3. The summed E-state index contributed by atoms with van der Waals surface area (Å²) in [6, 6.07) is 0.250. The Bertz CT molecular complexity index is 201. The molecular formula is C11H22N2O2. The van der Waals surface area contributed by atoms with Gasteiger partial charge in [0.2, 0.25) is 5.91 Å². The predicted molar refractivity (Wildman–Crippen MR) is 59.7 cm³/mol. The Morgan fingerprint density at radius 1 is 1.60 bits per heavy atom. The minimum atomic E-state index is 0.178. The van der Waals surface area contributed by atoms with Crippen LogP contribution in [0.1, 0.15) is 19.8 Å². The standard InChI is InChI=1S/C11H22N2O2/c1-9(6-11(14)13(2)3)12-7-10-4-5-15-8-10/h9-10,12H,4-8H2,1-3H3. The Labute approximate surface area is 92.0 Å². The van der Waals surface area contributed by atoms with Gasteiger partial charge in [-0.15, -0.1) is 0 Å². The lowest BCUT2D eigenvalue weighted by atomic mass is 10.1. The van der Waals surface area contributed by atoms with E-state index in [0.29, 0.717) is 12.3 Å². The van der Waals surface area contributed by atoms with Crippen LogP contribution in [0.4, 0.5) is 0 Å². The molecule has 1 aliphatic heterocycles. The molecule has 0 spiro atoms. The highest BCUT2D eigenvalue weighted by Gasteiger charge is 2.17. The van der Waals surface area contributed by atoms with Gasteiger partial charge in [0.25, 0.3) is 0 Å². The molecule has 4 nitrogen and oxygen atoms in total. The zero-order valence-electron chi connectivity index (χ0n) is 9.95. The second-order valence-corrected chi connectivity index (χ2v) is 4.53. The minimum absolute atomic E-state index is 0.178. The van der Waals surface area contributed by atoms with Crippen molar-refractivity contribution in [2.45, 2.75) is 25.8 Å². The van der Waals surface area contributed by atoms with Gasteiger partial charge in [0.15, 0.2) is 0 Å². The monoisotopic (exact) mass is 214 g/mol. The maximum atomic E-state index is 11.4. The molecule has 2 unspecified atom stereocenters. The van der Waals surface area contributed by atoms with Crippen LogP contribution in [0.15, 0.2) is 0 Å². The summed E-state index contributed by atoms with van der Waals surface area (Å²) in [6.07, 6.45) is 1.71. The quantitative estimate of drug-likeness (QED) is 0.724. The average Bonchev–Trinajstić information content (AvgIpc) is 2.66. The summed E-state index contributed by atoms with van der Waals surface area (Å²) < 4.78 is 5.29. The van der Waals surface area contributed by atoms with Crippen LogP contribution in [-0.2, 0) is 9.53 Å². The van der Waals surface area contributed by atoms with Gasteiger partial charge in [-0.1, -0.05) is 0 Å². The van der Waals surface area contributed by atoms with Gasteiger partial charge in [-0.3, -0.25) is 4.79 Å². The topological polar surface area (TPSA) is 41.6 Å². The van der Waals surface area contributed by atoms with Gasteiger partial charge in [-0.05, 0) is 19.3 Å². The molecule has 1 heterocycles. The van der Waals surface area contributed by atoms with E-state index in [1.54, 1.807) is 19.0 Å². The molecule has 0 bridgehead atoms. The van der Waals surface area contributed by atoms with Crippen LogP contribution >= 0.6 is 0 Å². The molecule has 1 aliphatic rings. The highest BCUT2D eigenvalue weighted by atomic mass is 16.5. The summed E-state index contributed by atoms with van der Waals surface area (Å²) in [5.41, 5.74) is 0. The maximum absolute atomic E-state index is 11.4. The third-order valence-electron chi connectivity index (χ3n) is 2.76. The van der Waals surface area contributed by atoms with Gasteiger partial charge >= 0.3 is 0 Å². The third-order valence-corrected chi connectivity index (χ3v) is 2.76. The summed E-state index contributed by atoms with van der Waals surface area (Å²) in [4.78, 5) is 13.0. The summed E-state index contributed by atoms with van der Waals surface area (Å²) >= 11 is 0. The molecule has 1 saturated heterocycles. The summed E-state index contributed by atoms with van der Waals surface area (Å²) in [5.74, 6) is 0.805. The van der Waals surface area contributed by atoms with E-state index in [1.165, 1.54) is 0 Å². The Morgan fingerprint density at radius 2 is 2.33 bits per heavy atom. The first-order chi connectivity index (χ1) is 7.09. The normalized spacial score (nSPS) is 22.7. The lowest BCUT2D eigenvalue weighted by Gasteiger charge is -2.18. The van der Waals surface area contributed by atoms with Crippen LogP contribution in [0.25, 0.3) is 0 Å². The van der Waals surface area contributed by atoms with Crippen LogP contribution < -0.4 is 5.32 Å². The molecule has 2 atom stereocenters.